The van der Waals surface area contributed by atoms with Gasteiger partial charge in [-0.2, -0.15) is 5.10 Å². The number of aromatic nitrogens is 2. The number of carbonyl (C=O) groups excluding carboxylic acids is 1. The van der Waals surface area contributed by atoms with Crippen LogP contribution in [0.4, 0.5) is 0 Å². The van der Waals surface area contributed by atoms with Crippen molar-refractivity contribution in [1.82, 2.24) is 9.78 Å². The van der Waals surface area contributed by atoms with Crippen LogP contribution in [0.2, 0.25) is 5.02 Å². The third-order valence-electron chi connectivity index (χ3n) is 2.55. The summed E-state index contributed by atoms with van der Waals surface area (Å²) < 4.78 is 1.73. The Morgan fingerprint density at radius 2 is 2.06 bits per heavy atom. The SMILES string of the molecule is CC(C)c1cc(C=O)nn1-c1ccccc1Cl. The first kappa shape index (κ1) is 11.9. The van der Waals surface area contributed by atoms with Crippen LogP contribution in [0, 0.1) is 0 Å². The molecule has 17 heavy (non-hydrogen) atoms. The molecule has 1 heterocycles. The lowest BCUT2D eigenvalue weighted by atomic mass is 10.1. The zero-order valence-electron chi connectivity index (χ0n) is 9.72. The summed E-state index contributed by atoms with van der Waals surface area (Å²) in [5.41, 5.74) is 2.19. The maximum Gasteiger partial charge on any atom is 0.170 e. The zero-order chi connectivity index (χ0) is 12.4. The monoisotopic (exact) mass is 248 g/mol. The van der Waals surface area contributed by atoms with Gasteiger partial charge in [0.1, 0.15) is 5.69 Å². The quantitative estimate of drug-likeness (QED) is 0.780. The summed E-state index contributed by atoms with van der Waals surface area (Å²) in [6.07, 6.45) is 0.749. The van der Waals surface area contributed by atoms with Crippen molar-refractivity contribution < 1.29 is 4.79 Å². The van der Waals surface area contributed by atoms with Gasteiger partial charge in [-0.15, -0.1) is 0 Å². The van der Waals surface area contributed by atoms with E-state index in [9.17, 15) is 4.79 Å². The first-order valence-electron chi connectivity index (χ1n) is 5.43. The van der Waals surface area contributed by atoms with Gasteiger partial charge in [-0.25, -0.2) is 4.68 Å². The van der Waals surface area contributed by atoms with Gasteiger partial charge in [0.25, 0.3) is 0 Å². The minimum atomic E-state index is 0.271. The Morgan fingerprint density at radius 1 is 1.35 bits per heavy atom. The number of nitrogens with zero attached hydrogens (tertiary/aromatic N) is 2. The van der Waals surface area contributed by atoms with E-state index in [1.807, 2.05) is 24.3 Å². The van der Waals surface area contributed by atoms with Gasteiger partial charge < -0.3 is 0 Å². The van der Waals surface area contributed by atoms with Gasteiger partial charge in [0, 0.05) is 5.69 Å². The average molecular weight is 249 g/mol. The Kier molecular flexibility index (Phi) is 3.29. The second-order valence-corrected chi connectivity index (χ2v) is 4.54. The molecule has 4 heteroatoms. The molecule has 2 aromatic rings. The molecule has 0 aliphatic rings. The summed E-state index contributed by atoms with van der Waals surface area (Å²) in [6.45, 7) is 4.11. The van der Waals surface area contributed by atoms with E-state index in [0.29, 0.717) is 10.7 Å². The van der Waals surface area contributed by atoms with E-state index in [1.54, 1.807) is 10.7 Å². The first-order chi connectivity index (χ1) is 8.13. The van der Waals surface area contributed by atoms with Crippen molar-refractivity contribution in [2.75, 3.05) is 0 Å². The smallest absolute Gasteiger partial charge is 0.170 e. The number of rotatable bonds is 3. The van der Waals surface area contributed by atoms with Crippen LogP contribution >= 0.6 is 11.6 Å². The van der Waals surface area contributed by atoms with Gasteiger partial charge in [0.05, 0.1) is 10.7 Å². The normalized spacial score (nSPS) is 10.8. The Labute approximate surface area is 105 Å². The van der Waals surface area contributed by atoms with Crippen LogP contribution in [0.15, 0.2) is 30.3 Å². The van der Waals surface area contributed by atoms with E-state index < -0.39 is 0 Å². The number of halogens is 1. The number of benzene rings is 1. The highest BCUT2D eigenvalue weighted by molar-refractivity contribution is 6.32. The van der Waals surface area contributed by atoms with Gasteiger partial charge >= 0.3 is 0 Å². The van der Waals surface area contributed by atoms with Crippen molar-refractivity contribution in [3.8, 4) is 5.69 Å². The highest BCUT2D eigenvalue weighted by Gasteiger charge is 2.13. The third-order valence-corrected chi connectivity index (χ3v) is 2.87. The predicted octanol–water partition coefficient (Wildman–Crippen LogP) is 3.46. The van der Waals surface area contributed by atoms with E-state index in [-0.39, 0.29) is 5.92 Å². The summed E-state index contributed by atoms with van der Waals surface area (Å²) in [7, 11) is 0. The topological polar surface area (TPSA) is 34.9 Å². The summed E-state index contributed by atoms with van der Waals surface area (Å²) in [6, 6.07) is 9.25. The summed E-state index contributed by atoms with van der Waals surface area (Å²) in [5, 5.41) is 4.87. The molecule has 0 bridgehead atoms. The highest BCUT2D eigenvalue weighted by Crippen LogP contribution is 2.24. The van der Waals surface area contributed by atoms with Crippen LogP contribution in [0.3, 0.4) is 0 Å². The fourth-order valence-corrected chi connectivity index (χ4v) is 1.92. The van der Waals surface area contributed by atoms with Gasteiger partial charge in [-0.3, -0.25) is 4.79 Å². The number of aldehydes is 1. The number of carbonyl (C=O) groups is 1. The maximum atomic E-state index is 10.8. The number of hydrogen-bond acceptors (Lipinski definition) is 2. The second kappa shape index (κ2) is 4.72. The van der Waals surface area contributed by atoms with Crippen LogP contribution in [0.5, 0.6) is 0 Å². The van der Waals surface area contributed by atoms with Gasteiger partial charge in [0.2, 0.25) is 0 Å². The van der Waals surface area contributed by atoms with Crippen LogP contribution in [-0.2, 0) is 0 Å². The minimum Gasteiger partial charge on any atom is -0.296 e. The molecule has 0 fully saturated rings. The van der Waals surface area contributed by atoms with E-state index in [2.05, 4.69) is 18.9 Å². The highest BCUT2D eigenvalue weighted by atomic mass is 35.5. The van der Waals surface area contributed by atoms with Crippen LogP contribution in [-0.4, -0.2) is 16.1 Å². The zero-order valence-corrected chi connectivity index (χ0v) is 10.5. The third kappa shape index (κ3) is 2.24. The molecule has 88 valence electrons. The lowest BCUT2D eigenvalue weighted by Crippen LogP contribution is -2.04. The van der Waals surface area contributed by atoms with E-state index >= 15 is 0 Å². The molecule has 0 aliphatic heterocycles. The molecule has 0 N–H and O–H groups in total. The van der Waals surface area contributed by atoms with Crippen molar-refractivity contribution in [3.05, 3.63) is 46.7 Å². The first-order valence-corrected chi connectivity index (χ1v) is 5.81. The molecule has 2 rings (SSSR count). The Hall–Kier alpha value is -1.61. The van der Waals surface area contributed by atoms with Gasteiger partial charge in [0.15, 0.2) is 6.29 Å². The van der Waals surface area contributed by atoms with Crippen LogP contribution < -0.4 is 0 Å². The summed E-state index contributed by atoms with van der Waals surface area (Å²) in [5.74, 6) is 0.271. The van der Waals surface area contributed by atoms with E-state index in [0.717, 1.165) is 17.7 Å². The molecule has 0 saturated heterocycles. The second-order valence-electron chi connectivity index (χ2n) is 4.13. The molecule has 1 aromatic heterocycles. The van der Waals surface area contributed by atoms with Crippen molar-refractivity contribution in [3.63, 3.8) is 0 Å². The molecule has 0 unspecified atom stereocenters. The fourth-order valence-electron chi connectivity index (χ4n) is 1.70. The molecular formula is C13H13ClN2O. The maximum absolute atomic E-state index is 10.8. The van der Waals surface area contributed by atoms with Crippen molar-refractivity contribution in [2.45, 2.75) is 19.8 Å². The molecule has 0 saturated carbocycles. The summed E-state index contributed by atoms with van der Waals surface area (Å²) in [4.78, 5) is 10.8. The largest absolute Gasteiger partial charge is 0.296 e. The van der Waals surface area contributed by atoms with Gasteiger partial charge in [-0.1, -0.05) is 37.6 Å². The minimum absolute atomic E-state index is 0.271. The molecule has 0 aliphatic carbocycles. The van der Waals surface area contributed by atoms with Crippen molar-refractivity contribution >= 4 is 17.9 Å². The molecule has 3 nitrogen and oxygen atoms in total. The van der Waals surface area contributed by atoms with Gasteiger partial charge in [-0.05, 0) is 24.1 Å². The molecular weight excluding hydrogens is 236 g/mol. The predicted molar refractivity (Wildman–Crippen MR) is 68.1 cm³/mol. The van der Waals surface area contributed by atoms with Crippen molar-refractivity contribution in [2.24, 2.45) is 0 Å². The van der Waals surface area contributed by atoms with E-state index in [4.69, 9.17) is 11.6 Å². The standard InChI is InChI=1S/C13H13ClN2O/c1-9(2)13-7-10(8-17)15-16(13)12-6-4-3-5-11(12)14/h3-9H,1-2H3. The van der Waals surface area contributed by atoms with Crippen LogP contribution in [0.1, 0.15) is 35.9 Å². The number of para-hydroxylation sites is 1. The Bertz CT molecular complexity index is 546. The van der Waals surface area contributed by atoms with Crippen LogP contribution in [0.25, 0.3) is 5.69 Å². The molecule has 0 spiro atoms. The summed E-state index contributed by atoms with van der Waals surface area (Å²) >= 11 is 6.14. The molecule has 0 amide bonds. The lowest BCUT2D eigenvalue weighted by molar-refractivity contribution is 0.111. The fraction of sp³-hybridized carbons (Fsp3) is 0.231. The Balaban J connectivity index is 2.62. The molecule has 0 radical (unpaired) electrons. The lowest BCUT2D eigenvalue weighted by Gasteiger charge is -2.10. The number of hydrogen-bond donors (Lipinski definition) is 0. The van der Waals surface area contributed by atoms with E-state index in [1.165, 1.54) is 0 Å². The van der Waals surface area contributed by atoms with Crippen molar-refractivity contribution in [1.29, 1.82) is 0 Å². The molecule has 0 atom stereocenters. The Morgan fingerprint density at radius 3 is 2.65 bits per heavy atom. The average Bonchev–Trinajstić information content (AvgIpc) is 2.73. The molecule has 1 aromatic carbocycles.